The lowest BCUT2D eigenvalue weighted by atomic mass is 10.2. The second-order valence-electron chi connectivity index (χ2n) is 8.03. The maximum Gasteiger partial charge on any atom is 0.530 e. The van der Waals surface area contributed by atoms with Gasteiger partial charge in [-0.15, -0.1) is 0 Å². The van der Waals surface area contributed by atoms with E-state index < -0.39 is 44.9 Å². The topological polar surface area (TPSA) is 184 Å². The second kappa shape index (κ2) is 11.3. The summed E-state index contributed by atoms with van der Waals surface area (Å²) in [5.41, 5.74) is 6.93. The van der Waals surface area contributed by atoms with E-state index in [9.17, 15) is 19.4 Å². The Balaban J connectivity index is 1.46. The van der Waals surface area contributed by atoms with Crippen LogP contribution in [0.1, 0.15) is 26.5 Å². The van der Waals surface area contributed by atoms with Gasteiger partial charge in [0.1, 0.15) is 24.0 Å². The molecule has 1 aliphatic rings. The van der Waals surface area contributed by atoms with Gasteiger partial charge in [-0.05, 0) is 37.6 Å². The highest BCUT2D eigenvalue weighted by atomic mass is 35.5. The summed E-state index contributed by atoms with van der Waals surface area (Å²) in [6.45, 7) is 2.89. The molecule has 37 heavy (non-hydrogen) atoms. The first-order valence-corrected chi connectivity index (χ1v) is 13.1. The zero-order chi connectivity index (χ0) is 26.7. The molecule has 1 fully saturated rings. The monoisotopic (exact) mass is 556 g/mol. The van der Waals surface area contributed by atoms with E-state index in [1.807, 2.05) is 0 Å². The zero-order valence-corrected chi connectivity index (χ0v) is 21.5. The average Bonchev–Trinajstić information content (AvgIpc) is 3.45. The van der Waals surface area contributed by atoms with Gasteiger partial charge in [0.25, 0.3) is 0 Å². The quantitative estimate of drug-likeness (QED) is 0.188. The first-order chi connectivity index (χ1) is 17.6. The number of phosphoric ester groups is 1. The van der Waals surface area contributed by atoms with Crippen LogP contribution >= 0.6 is 19.4 Å². The van der Waals surface area contributed by atoms with Crippen molar-refractivity contribution in [3.8, 4) is 0 Å². The second-order valence-corrected chi connectivity index (χ2v) is 9.70. The number of carbonyl (C=O) groups is 1. The molecular formula is C21H26ClN6O8P. The molecular weight excluding hydrogens is 531 g/mol. The van der Waals surface area contributed by atoms with E-state index in [2.05, 4.69) is 15.0 Å². The van der Waals surface area contributed by atoms with Gasteiger partial charge in [-0.3, -0.25) is 18.8 Å². The summed E-state index contributed by atoms with van der Waals surface area (Å²) in [6.07, 6.45) is -1.56. The minimum Gasteiger partial charge on any atom is -0.394 e. The molecule has 1 unspecified atom stereocenters. The predicted molar refractivity (Wildman–Crippen MR) is 131 cm³/mol. The Bertz CT molecular complexity index is 1300. The van der Waals surface area contributed by atoms with Crippen LogP contribution in [0.5, 0.6) is 0 Å². The number of phosphoric acid groups is 1. The molecule has 4 N–H and O–H groups in total. The Morgan fingerprint density at radius 2 is 2.11 bits per heavy atom. The number of fused-ring (bicyclic) bond motifs is 1. The van der Waals surface area contributed by atoms with Crippen molar-refractivity contribution in [1.29, 1.82) is 0 Å². The first-order valence-electron chi connectivity index (χ1n) is 11.3. The molecule has 4 rings (SSSR count). The van der Waals surface area contributed by atoms with Gasteiger partial charge >= 0.3 is 13.8 Å². The summed E-state index contributed by atoms with van der Waals surface area (Å²) in [4.78, 5) is 40.7. The number of benzene rings is 1. The third-order valence-electron chi connectivity index (χ3n) is 5.54. The van der Waals surface area contributed by atoms with Crippen LogP contribution in [0.4, 0.5) is 11.5 Å². The zero-order valence-electron chi connectivity index (χ0n) is 19.9. The predicted octanol–water partition coefficient (Wildman–Crippen LogP) is 2.22. The highest BCUT2D eigenvalue weighted by molar-refractivity contribution is 7.48. The molecule has 1 aromatic carbocycles. The van der Waals surface area contributed by atoms with Crippen LogP contribution < -0.4 is 10.8 Å². The lowest BCUT2D eigenvalue weighted by molar-refractivity contribution is -0.139. The van der Waals surface area contributed by atoms with Crippen molar-refractivity contribution in [1.82, 2.24) is 19.5 Å². The van der Waals surface area contributed by atoms with E-state index in [1.165, 1.54) is 22.9 Å². The lowest BCUT2D eigenvalue weighted by Crippen LogP contribution is -2.40. The third-order valence-corrected chi connectivity index (χ3v) is 6.65. The molecule has 3 aromatic rings. The number of aromatic nitrogens is 4. The van der Waals surface area contributed by atoms with Gasteiger partial charge in [0.2, 0.25) is 5.28 Å². The van der Waals surface area contributed by atoms with E-state index in [0.717, 1.165) is 0 Å². The largest absolute Gasteiger partial charge is 0.530 e. The lowest BCUT2D eigenvalue weighted by Gasteiger charge is -2.28. The SMILES string of the molecule is CCON(c1ccccc1)[C@@H](C)C(=O)OP(=O)(O)O[C@H]1C[C@H](n2cnc3c(N)nc(Cl)nc32)O[C@@H]1CO. The van der Waals surface area contributed by atoms with E-state index in [4.69, 9.17) is 36.0 Å². The number of aliphatic hydroxyl groups excluding tert-OH is 1. The number of rotatable bonds is 10. The van der Waals surface area contributed by atoms with Gasteiger partial charge in [-0.25, -0.2) is 19.4 Å². The van der Waals surface area contributed by atoms with E-state index in [1.54, 1.807) is 37.3 Å². The van der Waals surface area contributed by atoms with Gasteiger partial charge in [0.15, 0.2) is 17.5 Å². The third kappa shape index (κ3) is 6.02. The van der Waals surface area contributed by atoms with Crippen LogP contribution in [0.25, 0.3) is 11.2 Å². The van der Waals surface area contributed by atoms with E-state index in [0.29, 0.717) is 5.69 Å². The number of anilines is 2. The Morgan fingerprint density at radius 3 is 2.78 bits per heavy atom. The summed E-state index contributed by atoms with van der Waals surface area (Å²) in [5.74, 6) is -0.989. The van der Waals surface area contributed by atoms with Crippen LogP contribution in [0, 0.1) is 0 Å². The number of aliphatic hydroxyl groups is 1. The van der Waals surface area contributed by atoms with Crippen LogP contribution in [0.15, 0.2) is 36.7 Å². The summed E-state index contributed by atoms with van der Waals surface area (Å²) in [6, 6.07) is 7.64. The van der Waals surface area contributed by atoms with Gasteiger partial charge in [-0.1, -0.05) is 18.2 Å². The summed E-state index contributed by atoms with van der Waals surface area (Å²) in [7, 11) is -4.93. The van der Waals surface area contributed by atoms with Gasteiger partial charge in [0, 0.05) is 6.42 Å². The van der Waals surface area contributed by atoms with Crippen molar-refractivity contribution in [2.45, 2.75) is 44.7 Å². The van der Waals surface area contributed by atoms with Crippen LogP contribution in [-0.4, -0.2) is 67.0 Å². The van der Waals surface area contributed by atoms with Gasteiger partial charge in [-0.2, -0.15) is 9.97 Å². The summed E-state index contributed by atoms with van der Waals surface area (Å²) in [5, 5.41) is 11.0. The van der Waals surface area contributed by atoms with Crippen molar-refractivity contribution in [2.24, 2.45) is 0 Å². The molecule has 0 saturated carbocycles. The summed E-state index contributed by atoms with van der Waals surface area (Å²) >= 11 is 5.91. The maximum absolute atomic E-state index is 12.8. The molecule has 0 amide bonds. The molecule has 0 spiro atoms. The van der Waals surface area contributed by atoms with Crippen LogP contribution in [0.3, 0.4) is 0 Å². The van der Waals surface area contributed by atoms with Crippen molar-refractivity contribution < 1.29 is 38.0 Å². The summed E-state index contributed by atoms with van der Waals surface area (Å²) < 4.78 is 30.2. The molecule has 1 saturated heterocycles. The smallest absolute Gasteiger partial charge is 0.394 e. The Labute approximate surface area is 216 Å². The van der Waals surface area contributed by atoms with Crippen molar-refractivity contribution in [2.75, 3.05) is 24.0 Å². The Kier molecular flexibility index (Phi) is 8.29. The van der Waals surface area contributed by atoms with E-state index >= 15 is 0 Å². The van der Waals surface area contributed by atoms with Gasteiger partial charge < -0.3 is 20.1 Å². The molecule has 14 nitrogen and oxygen atoms in total. The normalized spacial score (nSPS) is 22.0. The molecule has 5 atom stereocenters. The van der Waals surface area contributed by atoms with Crippen LogP contribution in [0.2, 0.25) is 5.28 Å². The molecule has 2 aromatic heterocycles. The van der Waals surface area contributed by atoms with Crippen molar-refractivity contribution in [3.63, 3.8) is 0 Å². The fourth-order valence-corrected chi connectivity index (χ4v) is 5.03. The fraction of sp³-hybridized carbons (Fsp3) is 0.429. The number of halogens is 1. The number of hydrogen-bond acceptors (Lipinski definition) is 12. The number of nitrogens with two attached hydrogens (primary N) is 1. The standard InChI is InChI=1S/C21H26ClN6O8P/c1-3-33-28(13-7-5-4-6-8-13)12(2)20(30)36-37(31,32)35-14-9-16(34-15(14)10-29)27-11-24-17-18(23)25-21(22)26-19(17)27/h4-8,11-12,14-16,29H,3,9-10H2,1-2H3,(H,31,32)(H2,23,25,26)/t12-,14-,15+,16+/m0/s1. The molecule has 0 bridgehead atoms. The Hall–Kier alpha value is -2.84. The number of hydrogen-bond donors (Lipinski definition) is 3. The maximum atomic E-state index is 12.8. The number of imidazole rings is 1. The number of hydroxylamine groups is 1. The fourth-order valence-electron chi connectivity index (χ4n) is 3.87. The number of nitrogen functional groups attached to an aromatic ring is 1. The molecule has 1 aliphatic heterocycles. The first kappa shape index (κ1) is 27.2. The molecule has 200 valence electrons. The van der Waals surface area contributed by atoms with Crippen LogP contribution in [-0.2, 0) is 28.0 Å². The number of nitrogens with zero attached hydrogens (tertiary/aromatic N) is 5. The Morgan fingerprint density at radius 1 is 1.38 bits per heavy atom. The highest BCUT2D eigenvalue weighted by Crippen LogP contribution is 2.49. The van der Waals surface area contributed by atoms with Crippen molar-refractivity contribution in [3.05, 3.63) is 41.9 Å². The molecule has 0 aliphatic carbocycles. The molecule has 3 heterocycles. The minimum absolute atomic E-state index is 0.00897. The van der Waals surface area contributed by atoms with Gasteiger partial charge in [0.05, 0.1) is 25.2 Å². The number of carbonyl (C=O) groups excluding carboxylic acids is 1. The number of para-hydroxylation sites is 1. The number of ether oxygens (including phenoxy) is 1. The highest BCUT2D eigenvalue weighted by Gasteiger charge is 2.43. The van der Waals surface area contributed by atoms with E-state index in [-0.39, 0.29) is 35.3 Å². The average molecular weight is 557 g/mol. The minimum atomic E-state index is -4.93. The van der Waals surface area contributed by atoms with Crippen molar-refractivity contribution >= 4 is 48.1 Å². The molecule has 16 heteroatoms. The molecule has 0 radical (unpaired) electrons.